The molecule has 0 bridgehead atoms. The fraction of sp³-hybridized carbons (Fsp3) is 0.167. The fourth-order valence-electron chi connectivity index (χ4n) is 1.66. The van der Waals surface area contributed by atoms with E-state index >= 15 is 0 Å². The summed E-state index contributed by atoms with van der Waals surface area (Å²) in [6.45, 7) is 1.56. The van der Waals surface area contributed by atoms with Crippen molar-refractivity contribution in [2.24, 2.45) is 0 Å². The Morgan fingerprint density at radius 2 is 1.79 bits per heavy atom. The van der Waals surface area contributed by atoms with Gasteiger partial charge in [-0.15, -0.1) is 0 Å². The first-order valence-corrected chi connectivity index (χ1v) is 5.25. The molecule has 1 heterocycles. The van der Waals surface area contributed by atoms with Gasteiger partial charge < -0.3 is 5.73 Å². The average Bonchev–Trinajstić information content (AvgIpc) is 2.25. The third kappa shape index (κ3) is 2.81. The fourth-order valence-corrected chi connectivity index (χ4v) is 1.66. The predicted octanol–water partition coefficient (Wildman–Crippen LogP) is 3.19. The van der Waals surface area contributed by atoms with Crippen LogP contribution in [0.15, 0.2) is 24.3 Å². The number of benzene rings is 1. The van der Waals surface area contributed by atoms with Crippen molar-refractivity contribution in [3.05, 3.63) is 41.3 Å². The topological polar surface area (TPSA) is 51.8 Å². The van der Waals surface area contributed by atoms with Crippen LogP contribution in [0.25, 0.3) is 11.4 Å². The van der Waals surface area contributed by atoms with Gasteiger partial charge in [-0.1, -0.05) is 0 Å². The van der Waals surface area contributed by atoms with E-state index in [1.807, 2.05) is 0 Å². The summed E-state index contributed by atoms with van der Waals surface area (Å²) in [7, 11) is 0. The third-order valence-corrected chi connectivity index (χ3v) is 2.40. The van der Waals surface area contributed by atoms with Crippen molar-refractivity contribution in [2.75, 3.05) is 5.73 Å². The molecule has 0 aliphatic rings. The Balaban J connectivity index is 2.70. The van der Waals surface area contributed by atoms with Gasteiger partial charge in [-0.25, -0.2) is 14.4 Å². The van der Waals surface area contributed by atoms with E-state index in [4.69, 9.17) is 5.73 Å². The molecule has 19 heavy (non-hydrogen) atoms. The number of aryl methyl sites for hydroxylation is 1. The molecule has 1 aromatic carbocycles. The van der Waals surface area contributed by atoms with Crippen LogP contribution in [-0.4, -0.2) is 9.97 Å². The first kappa shape index (κ1) is 13.3. The number of nitrogens with two attached hydrogens (primary N) is 1. The molecule has 1 aromatic heterocycles. The number of hydrogen-bond acceptors (Lipinski definition) is 3. The normalized spacial score (nSPS) is 11.6. The number of nitrogen functional groups attached to an aromatic ring is 1. The van der Waals surface area contributed by atoms with Crippen LogP contribution < -0.4 is 5.73 Å². The summed E-state index contributed by atoms with van der Waals surface area (Å²) in [6, 6.07) is 3.56. The zero-order chi connectivity index (χ0) is 14.2. The molecule has 0 fully saturated rings. The van der Waals surface area contributed by atoms with Gasteiger partial charge in [-0.05, 0) is 25.1 Å². The van der Waals surface area contributed by atoms with Gasteiger partial charge in [0.1, 0.15) is 11.6 Å². The second-order valence-corrected chi connectivity index (χ2v) is 3.95. The molecule has 0 aliphatic carbocycles. The van der Waals surface area contributed by atoms with Crippen LogP contribution in [0.4, 0.5) is 23.4 Å². The maximum Gasteiger partial charge on any atom is 0.417 e. The van der Waals surface area contributed by atoms with E-state index in [-0.39, 0.29) is 11.6 Å². The number of alkyl halides is 3. The number of anilines is 1. The molecule has 0 aliphatic heterocycles. The van der Waals surface area contributed by atoms with Gasteiger partial charge in [0.2, 0.25) is 0 Å². The zero-order valence-corrected chi connectivity index (χ0v) is 9.79. The largest absolute Gasteiger partial charge is 0.417 e. The molecule has 0 saturated carbocycles. The molecule has 0 spiro atoms. The smallest absolute Gasteiger partial charge is 0.384 e. The van der Waals surface area contributed by atoms with Crippen LogP contribution in [-0.2, 0) is 6.18 Å². The molecular weight excluding hydrogens is 262 g/mol. The highest BCUT2D eigenvalue weighted by atomic mass is 19.4. The highest BCUT2D eigenvalue weighted by Crippen LogP contribution is 2.36. The Labute approximate surface area is 106 Å². The van der Waals surface area contributed by atoms with Crippen LogP contribution in [0.5, 0.6) is 0 Å². The van der Waals surface area contributed by atoms with Crippen LogP contribution in [0.3, 0.4) is 0 Å². The Morgan fingerprint density at radius 1 is 1.11 bits per heavy atom. The summed E-state index contributed by atoms with van der Waals surface area (Å²) in [4.78, 5) is 7.58. The van der Waals surface area contributed by atoms with Crippen LogP contribution in [0, 0.1) is 12.7 Å². The van der Waals surface area contributed by atoms with Gasteiger partial charge >= 0.3 is 6.18 Å². The summed E-state index contributed by atoms with van der Waals surface area (Å²) >= 11 is 0. The van der Waals surface area contributed by atoms with E-state index in [0.29, 0.717) is 11.8 Å². The Kier molecular flexibility index (Phi) is 3.13. The highest BCUT2D eigenvalue weighted by Gasteiger charge is 2.34. The Morgan fingerprint density at radius 3 is 2.37 bits per heavy atom. The minimum atomic E-state index is -4.62. The molecule has 2 N–H and O–H groups in total. The Bertz CT molecular complexity index is 603. The molecule has 0 amide bonds. The van der Waals surface area contributed by atoms with Gasteiger partial charge in [0.25, 0.3) is 0 Å². The number of rotatable bonds is 1. The molecule has 0 atom stereocenters. The van der Waals surface area contributed by atoms with E-state index < -0.39 is 23.1 Å². The molecule has 100 valence electrons. The maximum atomic E-state index is 13.2. The second-order valence-electron chi connectivity index (χ2n) is 3.95. The number of nitrogens with zero attached hydrogens (tertiary/aromatic N) is 2. The van der Waals surface area contributed by atoms with Crippen molar-refractivity contribution < 1.29 is 17.6 Å². The van der Waals surface area contributed by atoms with Gasteiger partial charge in [-0.3, -0.25) is 0 Å². The van der Waals surface area contributed by atoms with Crippen molar-refractivity contribution in [2.45, 2.75) is 13.1 Å². The summed E-state index contributed by atoms with van der Waals surface area (Å²) in [5, 5.41) is 0. The third-order valence-electron chi connectivity index (χ3n) is 2.40. The molecular formula is C12H9F4N3. The van der Waals surface area contributed by atoms with Crippen molar-refractivity contribution >= 4 is 5.82 Å². The molecule has 2 rings (SSSR count). The summed E-state index contributed by atoms with van der Waals surface area (Å²) in [5.74, 6) is -1.02. The maximum absolute atomic E-state index is 13.2. The number of hydrogen-bond donors (Lipinski definition) is 1. The van der Waals surface area contributed by atoms with Crippen molar-refractivity contribution in [3.63, 3.8) is 0 Å². The van der Waals surface area contributed by atoms with Gasteiger partial charge in [0, 0.05) is 17.3 Å². The van der Waals surface area contributed by atoms with E-state index in [0.717, 1.165) is 12.1 Å². The lowest BCUT2D eigenvalue weighted by Gasteiger charge is -2.12. The van der Waals surface area contributed by atoms with E-state index in [1.165, 1.54) is 6.07 Å². The second kappa shape index (κ2) is 4.49. The van der Waals surface area contributed by atoms with Crippen molar-refractivity contribution in [1.82, 2.24) is 9.97 Å². The minimum absolute atomic E-state index is 0.0277. The lowest BCUT2D eigenvalue weighted by Crippen LogP contribution is -2.09. The molecule has 0 radical (unpaired) electrons. The summed E-state index contributed by atoms with van der Waals surface area (Å²) < 4.78 is 51.7. The van der Waals surface area contributed by atoms with Crippen LogP contribution >= 0.6 is 0 Å². The summed E-state index contributed by atoms with van der Waals surface area (Å²) in [5.41, 5.74) is 4.44. The molecule has 3 nitrogen and oxygen atoms in total. The predicted molar refractivity (Wildman–Crippen MR) is 61.6 cm³/mol. The monoisotopic (exact) mass is 271 g/mol. The summed E-state index contributed by atoms with van der Waals surface area (Å²) in [6.07, 6.45) is -4.62. The first-order chi connectivity index (χ1) is 8.77. The SMILES string of the molecule is Cc1cc(N)nc(-c2cc(F)ccc2C(F)(F)F)n1. The van der Waals surface area contributed by atoms with Gasteiger partial charge in [0.05, 0.1) is 5.56 Å². The molecule has 0 unspecified atom stereocenters. The van der Waals surface area contributed by atoms with Crippen LogP contribution in [0.1, 0.15) is 11.3 Å². The van der Waals surface area contributed by atoms with E-state index in [1.54, 1.807) is 6.92 Å². The van der Waals surface area contributed by atoms with Gasteiger partial charge in [-0.2, -0.15) is 13.2 Å². The minimum Gasteiger partial charge on any atom is -0.384 e. The first-order valence-electron chi connectivity index (χ1n) is 5.25. The van der Waals surface area contributed by atoms with Crippen molar-refractivity contribution in [3.8, 4) is 11.4 Å². The van der Waals surface area contributed by atoms with Crippen molar-refractivity contribution in [1.29, 1.82) is 0 Å². The quantitative estimate of drug-likeness (QED) is 0.810. The lowest BCUT2D eigenvalue weighted by molar-refractivity contribution is -0.137. The molecule has 0 saturated heterocycles. The standard InChI is InChI=1S/C12H9F4N3/c1-6-4-10(17)19-11(18-6)8-5-7(13)2-3-9(8)12(14,15)16/h2-5H,1H3,(H2,17,18,19). The molecule has 7 heteroatoms. The lowest BCUT2D eigenvalue weighted by atomic mass is 10.1. The molecule has 2 aromatic rings. The Hall–Kier alpha value is -2.18. The average molecular weight is 271 g/mol. The van der Waals surface area contributed by atoms with Crippen LogP contribution in [0.2, 0.25) is 0 Å². The zero-order valence-electron chi connectivity index (χ0n) is 9.79. The van der Waals surface area contributed by atoms with Gasteiger partial charge in [0.15, 0.2) is 5.82 Å². The number of halogens is 4. The van der Waals surface area contributed by atoms with E-state index in [2.05, 4.69) is 9.97 Å². The van der Waals surface area contributed by atoms with E-state index in [9.17, 15) is 17.6 Å². The number of aromatic nitrogens is 2. The highest BCUT2D eigenvalue weighted by molar-refractivity contribution is 5.62.